The molecule has 0 bridgehead atoms. The fourth-order valence-electron chi connectivity index (χ4n) is 1.42. The van der Waals surface area contributed by atoms with Gasteiger partial charge in [0.1, 0.15) is 0 Å². The predicted octanol–water partition coefficient (Wildman–Crippen LogP) is 3.80. The summed E-state index contributed by atoms with van der Waals surface area (Å²) in [6.45, 7) is 2.40. The molecule has 0 unspecified atom stereocenters. The maximum atomic E-state index is 12.0. The van der Waals surface area contributed by atoms with Crippen molar-refractivity contribution in [3.63, 3.8) is 0 Å². The van der Waals surface area contributed by atoms with Crippen LogP contribution in [0.4, 0.5) is 0 Å². The summed E-state index contributed by atoms with van der Waals surface area (Å²) in [7, 11) is 0. The Hall–Kier alpha value is -0.910. The monoisotopic (exact) mass is 344 g/mol. The molecule has 18 heavy (non-hydrogen) atoms. The first-order valence-electron chi connectivity index (χ1n) is 5.21. The van der Waals surface area contributed by atoms with E-state index in [1.165, 1.54) is 0 Å². The highest BCUT2D eigenvalue weighted by Gasteiger charge is 2.11. The van der Waals surface area contributed by atoms with Gasteiger partial charge in [0.25, 0.3) is 5.91 Å². The van der Waals surface area contributed by atoms with Crippen molar-refractivity contribution < 1.29 is 4.79 Å². The Kier molecular flexibility index (Phi) is 4.37. The molecule has 0 atom stereocenters. The third-order valence-corrected chi connectivity index (χ3v) is 4.00. The third kappa shape index (κ3) is 3.31. The zero-order chi connectivity index (χ0) is 13.1. The van der Waals surface area contributed by atoms with Crippen LogP contribution in [0.25, 0.3) is 0 Å². The summed E-state index contributed by atoms with van der Waals surface area (Å²) in [4.78, 5) is 17.1. The summed E-state index contributed by atoms with van der Waals surface area (Å²) in [5.41, 5.74) is 0.465. The SMILES string of the molecule is Cc1ncc(CNC(=O)c2cc(Br)ccc2Cl)s1. The standard InChI is InChI=1S/C12H10BrClN2OS/c1-7-15-5-9(18-7)6-16-12(17)10-4-8(13)2-3-11(10)14/h2-5H,6H2,1H3,(H,16,17). The van der Waals surface area contributed by atoms with Gasteiger partial charge in [-0.2, -0.15) is 0 Å². The Labute approximate surface area is 122 Å². The van der Waals surface area contributed by atoms with Crippen molar-refractivity contribution in [2.24, 2.45) is 0 Å². The lowest BCUT2D eigenvalue weighted by atomic mass is 10.2. The molecule has 2 aromatic rings. The second-order valence-electron chi connectivity index (χ2n) is 3.65. The summed E-state index contributed by atoms with van der Waals surface area (Å²) in [5, 5.41) is 4.25. The van der Waals surface area contributed by atoms with E-state index < -0.39 is 0 Å². The number of hydrogen-bond acceptors (Lipinski definition) is 3. The quantitative estimate of drug-likeness (QED) is 0.919. The number of benzene rings is 1. The van der Waals surface area contributed by atoms with Crippen molar-refractivity contribution in [2.45, 2.75) is 13.5 Å². The lowest BCUT2D eigenvalue weighted by Crippen LogP contribution is -2.22. The lowest BCUT2D eigenvalue weighted by Gasteiger charge is -2.05. The van der Waals surface area contributed by atoms with Crippen LogP contribution in [0.1, 0.15) is 20.2 Å². The molecule has 94 valence electrons. The topological polar surface area (TPSA) is 42.0 Å². The highest BCUT2D eigenvalue weighted by Crippen LogP contribution is 2.21. The van der Waals surface area contributed by atoms with Gasteiger partial charge in [-0.05, 0) is 25.1 Å². The van der Waals surface area contributed by atoms with Crippen molar-refractivity contribution in [1.82, 2.24) is 10.3 Å². The average molecular weight is 346 g/mol. The minimum atomic E-state index is -0.188. The Morgan fingerprint density at radius 3 is 3.00 bits per heavy atom. The molecule has 6 heteroatoms. The molecule has 0 radical (unpaired) electrons. The molecule has 1 heterocycles. The maximum absolute atomic E-state index is 12.0. The van der Waals surface area contributed by atoms with Crippen LogP contribution in [0.15, 0.2) is 28.9 Å². The summed E-state index contributed by atoms with van der Waals surface area (Å²) >= 11 is 10.9. The van der Waals surface area contributed by atoms with E-state index in [2.05, 4.69) is 26.2 Å². The van der Waals surface area contributed by atoms with E-state index in [9.17, 15) is 4.79 Å². The van der Waals surface area contributed by atoms with Gasteiger partial charge in [0.15, 0.2) is 0 Å². The zero-order valence-corrected chi connectivity index (χ0v) is 12.7. The van der Waals surface area contributed by atoms with Crippen LogP contribution in [-0.4, -0.2) is 10.9 Å². The fourth-order valence-corrected chi connectivity index (χ4v) is 2.72. The zero-order valence-electron chi connectivity index (χ0n) is 9.54. The molecular weight excluding hydrogens is 336 g/mol. The molecule has 0 aliphatic carbocycles. The molecule has 1 aromatic carbocycles. The summed E-state index contributed by atoms with van der Waals surface area (Å²) < 4.78 is 0.825. The number of rotatable bonds is 3. The molecule has 0 aliphatic rings. The number of aryl methyl sites for hydroxylation is 1. The Morgan fingerprint density at radius 1 is 1.56 bits per heavy atom. The van der Waals surface area contributed by atoms with E-state index in [-0.39, 0.29) is 5.91 Å². The summed E-state index contributed by atoms with van der Waals surface area (Å²) in [5.74, 6) is -0.188. The van der Waals surface area contributed by atoms with E-state index in [0.29, 0.717) is 17.1 Å². The number of hydrogen-bond donors (Lipinski definition) is 1. The van der Waals surface area contributed by atoms with Crippen molar-refractivity contribution in [1.29, 1.82) is 0 Å². The first kappa shape index (κ1) is 13.5. The van der Waals surface area contributed by atoms with Crippen LogP contribution in [-0.2, 0) is 6.54 Å². The minimum absolute atomic E-state index is 0.188. The molecule has 3 nitrogen and oxygen atoms in total. The van der Waals surface area contributed by atoms with Crippen molar-refractivity contribution in [2.75, 3.05) is 0 Å². The van der Waals surface area contributed by atoms with Gasteiger partial charge in [-0.1, -0.05) is 27.5 Å². The van der Waals surface area contributed by atoms with Gasteiger partial charge in [0.05, 0.1) is 22.1 Å². The number of nitrogens with one attached hydrogen (secondary N) is 1. The van der Waals surface area contributed by atoms with Gasteiger partial charge >= 0.3 is 0 Å². The highest BCUT2D eigenvalue weighted by atomic mass is 79.9. The number of nitrogens with zero attached hydrogens (tertiary/aromatic N) is 1. The van der Waals surface area contributed by atoms with Gasteiger partial charge in [-0.3, -0.25) is 4.79 Å². The lowest BCUT2D eigenvalue weighted by molar-refractivity contribution is 0.0951. The number of amides is 1. The Bertz CT molecular complexity index is 585. The van der Waals surface area contributed by atoms with Crippen LogP contribution in [0.3, 0.4) is 0 Å². The smallest absolute Gasteiger partial charge is 0.253 e. The largest absolute Gasteiger partial charge is 0.347 e. The minimum Gasteiger partial charge on any atom is -0.347 e. The number of carbonyl (C=O) groups excluding carboxylic acids is 1. The normalized spacial score (nSPS) is 10.4. The predicted molar refractivity (Wildman–Crippen MR) is 77.2 cm³/mol. The molecule has 0 fully saturated rings. The average Bonchev–Trinajstić information content (AvgIpc) is 2.75. The first-order valence-corrected chi connectivity index (χ1v) is 7.19. The summed E-state index contributed by atoms with van der Waals surface area (Å²) in [6.07, 6.45) is 1.77. The maximum Gasteiger partial charge on any atom is 0.253 e. The van der Waals surface area contributed by atoms with Gasteiger partial charge in [0, 0.05) is 15.5 Å². The summed E-state index contributed by atoms with van der Waals surface area (Å²) in [6, 6.07) is 5.19. The Balaban J connectivity index is 2.05. The van der Waals surface area contributed by atoms with Gasteiger partial charge in [-0.25, -0.2) is 4.98 Å². The molecule has 0 spiro atoms. The van der Waals surface area contributed by atoms with E-state index >= 15 is 0 Å². The molecule has 1 N–H and O–H groups in total. The fraction of sp³-hybridized carbons (Fsp3) is 0.167. The molecule has 0 saturated carbocycles. The van der Waals surface area contributed by atoms with Crippen LogP contribution >= 0.6 is 38.9 Å². The molecular formula is C12H10BrClN2OS. The number of halogens is 2. The molecule has 1 aromatic heterocycles. The molecule has 1 amide bonds. The molecule has 2 rings (SSSR count). The van der Waals surface area contributed by atoms with Crippen molar-refractivity contribution in [3.8, 4) is 0 Å². The van der Waals surface area contributed by atoms with E-state index in [1.54, 1.807) is 35.7 Å². The highest BCUT2D eigenvalue weighted by molar-refractivity contribution is 9.10. The molecule has 0 aliphatic heterocycles. The number of aromatic nitrogens is 1. The number of carbonyl (C=O) groups is 1. The van der Waals surface area contributed by atoms with Crippen LogP contribution in [0, 0.1) is 6.92 Å². The van der Waals surface area contributed by atoms with Crippen molar-refractivity contribution >= 4 is 44.8 Å². The van der Waals surface area contributed by atoms with Crippen molar-refractivity contribution in [3.05, 3.63) is 49.3 Å². The third-order valence-electron chi connectivity index (χ3n) is 2.27. The molecule has 0 saturated heterocycles. The van der Waals surface area contributed by atoms with Gasteiger partial charge in [-0.15, -0.1) is 11.3 Å². The van der Waals surface area contributed by atoms with E-state index in [1.807, 2.05) is 6.92 Å². The van der Waals surface area contributed by atoms with Gasteiger partial charge < -0.3 is 5.32 Å². The first-order chi connectivity index (χ1) is 8.56. The van der Waals surface area contributed by atoms with E-state index in [0.717, 1.165) is 14.4 Å². The second-order valence-corrected chi connectivity index (χ2v) is 6.29. The second kappa shape index (κ2) is 5.82. The number of thiazole rings is 1. The van der Waals surface area contributed by atoms with Gasteiger partial charge in [0.2, 0.25) is 0 Å². The van der Waals surface area contributed by atoms with Crippen LogP contribution in [0.5, 0.6) is 0 Å². The van der Waals surface area contributed by atoms with Crippen LogP contribution < -0.4 is 5.32 Å². The Morgan fingerprint density at radius 2 is 2.33 bits per heavy atom. The van der Waals surface area contributed by atoms with E-state index in [4.69, 9.17) is 11.6 Å². The van der Waals surface area contributed by atoms with Crippen LogP contribution in [0.2, 0.25) is 5.02 Å².